The monoisotopic (exact) mass is 365 g/mol. The first kappa shape index (κ1) is 19.8. The summed E-state index contributed by atoms with van der Waals surface area (Å²) in [5.41, 5.74) is 0.821. The van der Waals surface area contributed by atoms with Crippen molar-refractivity contribution in [3.8, 4) is 0 Å². The number of carbonyl (C=O) groups is 2. The van der Waals surface area contributed by atoms with Gasteiger partial charge in [-0.2, -0.15) is 0 Å². The average molecular weight is 366 g/mol. The molecule has 1 aromatic carbocycles. The lowest BCUT2D eigenvalue weighted by atomic mass is 9.94. The van der Waals surface area contributed by atoms with Crippen molar-refractivity contribution in [2.24, 2.45) is 5.92 Å². The second-order valence-corrected chi connectivity index (χ2v) is 7.24. The van der Waals surface area contributed by atoms with Crippen molar-refractivity contribution in [1.82, 2.24) is 4.90 Å². The minimum atomic E-state index is -0.510. The number of esters is 1. The summed E-state index contributed by atoms with van der Waals surface area (Å²) in [6.07, 6.45) is 6.76. The van der Waals surface area contributed by atoms with Crippen molar-refractivity contribution in [3.05, 3.63) is 34.9 Å². The Morgan fingerprint density at radius 2 is 1.80 bits per heavy atom. The van der Waals surface area contributed by atoms with Gasteiger partial charge in [-0.05, 0) is 24.1 Å². The first-order chi connectivity index (χ1) is 12.0. The van der Waals surface area contributed by atoms with E-state index in [0.29, 0.717) is 5.02 Å². The van der Waals surface area contributed by atoms with Crippen LogP contribution in [0.3, 0.4) is 0 Å². The highest BCUT2D eigenvalue weighted by molar-refractivity contribution is 6.30. The highest BCUT2D eigenvalue weighted by atomic mass is 35.5. The minimum absolute atomic E-state index is 0.0145. The summed E-state index contributed by atoms with van der Waals surface area (Å²) in [6.45, 7) is 2.93. The third-order valence-corrected chi connectivity index (χ3v) is 5.00. The molecule has 1 aliphatic heterocycles. The van der Waals surface area contributed by atoms with E-state index in [1.54, 1.807) is 17.0 Å². The number of cyclic esters (lactones) is 1. The van der Waals surface area contributed by atoms with Crippen LogP contribution in [-0.2, 0) is 14.3 Å². The van der Waals surface area contributed by atoms with Crippen LogP contribution in [0.1, 0.15) is 63.5 Å². The summed E-state index contributed by atoms with van der Waals surface area (Å²) in [4.78, 5) is 26.3. The van der Waals surface area contributed by atoms with E-state index >= 15 is 0 Å². The summed E-state index contributed by atoms with van der Waals surface area (Å²) < 4.78 is 5.41. The topological polar surface area (TPSA) is 46.6 Å². The van der Waals surface area contributed by atoms with Crippen molar-refractivity contribution in [2.45, 2.75) is 58.0 Å². The predicted octanol–water partition coefficient (Wildman–Crippen LogP) is 4.76. The molecular weight excluding hydrogens is 338 g/mol. The van der Waals surface area contributed by atoms with Gasteiger partial charge in [-0.15, -0.1) is 0 Å². The zero-order chi connectivity index (χ0) is 18.2. The molecule has 0 unspecified atom stereocenters. The number of unbranched alkanes of at least 4 members (excludes halogenated alkanes) is 5. The summed E-state index contributed by atoms with van der Waals surface area (Å²) in [7, 11) is 1.82. The van der Waals surface area contributed by atoms with Gasteiger partial charge >= 0.3 is 5.97 Å². The molecular formula is C20H28ClNO3. The summed E-state index contributed by atoms with van der Waals surface area (Å²) in [5, 5.41) is 0.621. The molecule has 25 heavy (non-hydrogen) atoms. The standard InChI is InChI=1S/C20H28ClNO3/c1-3-4-5-6-7-8-13-22(2)20(24)17-14-18(23)25-19(17)15-9-11-16(21)12-10-15/h9-12,17,19H,3-8,13-14H2,1-2H3/t17-,19+/m1/s1. The van der Waals surface area contributed by atoms with Crippen molar-refractivity contribution in [1.29, 1.82) is 0 Å². The largest absolute Gasteiger partial charge is 0.457 e. The van der Waals surface area contributed by atoms with E-state index in [2.05, 4.69) is 6.92 Å². The minimum Gasteiger partial charge on any atom is -0.457 e. The third-order valence-electron chi connectivity index (χ3n) is 4.75. The fraction of sp³-hybridized carbons (Fsp3) is 0.600. The molecule has 1 aliphatic rings. The molecule has 0 N–H and O–H groups in total. The molecule has 1 fully saturated rings. The number of hydrogen-bond acceptors (Lipinski definition) is 3. The Bertz CT molecular complexity index is 573. The number of ether oxygens (including phenoxy) is 1. The summed E-state index contributed by atoms with van der Waals surface area (Å²) in [6, 6.07) is 7.15. The van der Waals surface area contributed by atoms with Crippen LogP contribution in [0.5, 0.6) is 0 Å². The Morgan fingerprint density at radius 1 is 1.16 bits per heavy atom. The SMILES string of the molecule is CCCCCCCCN(C)C(=O)[C@@H]1CC(=O)O[C@H]1c1ccc(Cl)cc1. The number of carbonyl (C=O) groups excluding carboxylic acids is 2. The lowest BCUT2D eigenvalue weighted by Gasteiger charge is -2.24. The van der Waals surface area contributed by atoms with E-state index in [0.717, 1.165) is 24.9 Å². The van der Waals surface area contributed by atoms with E-state index < -0.39 is 12.0 Å². The van der Waals surface area contributed by atoms with Gasteiger partial charge in [-0.25, -0.2) is 0 Å². The molecule has 0 radical (unpaired) electrons. The number of rotatable bonds is 9. The molecule has 1 heterocycles. The predicted molar refractivity (Wildman–Crippen MR) is 99.4 cm³/mol. The highest BCUT2D eigenvalue weighted by Gasteiger charge is 2.41. The molecule has 1 saturated heterocycles. The number of halogens is 1. The van der Waals surface area contributed by atoms with Gasteiger partial charge in [0.15, 0.2) is 0 Å². The van der Waals surface area contributed by atoms with E-state index in [4.69, 9.17) is 16.3 Å². The molecule has 1 aromatic rings. The molecule has 2 atom stereocenters. The Kier molecular flexibility index (Phi) is 7.76. The smallest absolute Gasteiger partial charge is 0.307 e. The van der Waals surface area contributed by atoms with Crippen molar-refractivity contribution >= 4 is 23.5 Å². The summed E-state index contributed by atoms with van der Waals surface area (Å²) in [5.74, 6) is -0.774. The molecule has 0 saturated carbocycles. The van der Waals surface area contributed by atoms with Gasteiger partial charge in [-0.3, -0.25) is 9.59 Å². The zero-order valence-electron chi connectivity index (χ0n) is 15.2. The van der Waals surface area contributed by atoms with Crippen LogP contribution >= 0.6 is 11.6 Å². The molecule has 0 spiro atoms. The molecule has 138 valence electrons. The maximum absolute atomic E-state index is 12.8. The maximum Gasteiger partial charge on any atom is 0.307 e. The third kappa shape index (κ3) is 5.74. The number of hydrogen-bond donors (Lipinski definition) is 0. The second-order valence-electron chi connectivity index (χ2n) is 6.80. The lowest BCUT2D eigenvalue weighted by Crippen LogP contribution is -2.35. The van der Waals surface area contributed by atoms with Gasteiger partial charge in [0.25, 0.3) is 0 Å². The van der Waals surface area contributed by atoms with Crippen LogP contribution in [-0.4, -0.2) is 30.4 Å². The first-order valence-corrected chi connectivity index (χ1v) is 9.60. The van der Waals surface area contributed by atoms with Crippen molar-refractivity contribution in [2.75, 3.05) is 13.6 Å². The van der Waals surface area contributed by atoms with Gasteiger partial charge in [0.2, 0.25) is 5.91 Å². The van der Waals surface area contributed by atoms with Crippen LogP contribution in [0.15, 0.2) is 24.3 Å². The highest BCUT2D eigenvalue weighted by Crippen LogP contribution is 2.36. The molecule has 1 amide bonds. The van der Waals surface area contributed by atoms with Gasteiger partial charge in [0, 0.05) is 18.6 Å². The Morgan fingerprint density at radius 3 is 2.48 bits per heavy atom. The van der Waals surface area contributed by atoms with Gasteiger partial charge in [0.1, 0.15) is 6.10 Å². The quantitative estimate of drug-likeness (QED) is 0.468. The van der Waals surface area contributed by atoms with Crippen LogP contribution in [0, 0.1) is 5.92 Å². The van der Waals surface area contributed by atoms with E-state index in [-0.39, 0.29) is 18.3 Å². The number of amides is 1. The second kappa shape index (κ2) is 9.81. The molecule has 4 nitrogen and oxygen atoms in total. The Balaban J connectivity index is 1.89. The van der Waals surface area contributed by atoms with Crippen molar-refractivity contribution < 1.29 is 14.3 Å². The fourth-order valence-electron chi connectivity index (χ4n) is 3.25. The molecule has 0 bridgehead atoms. The number of benzene rings is 1. The van der Waals surface area contributed by atoms with Crippen LogP contribution < -0.4 is 0 Å². The van der Waals surface area contributed by atoms with E-state index in [9.17, 15) is 9.59 Å². The van der Waals surface area contributed by atoms with Crippen LogP contribution in [0.4, 0.5) is 0 Å². The van der Waals surface area contributed by atoms with Gasteiger partial charge in [0.05, 0.1) is 12.3 Å². The summed E-state index contributed by atoms with van der Waals surface area (Å²) >= 11 is 5.92. The molecule has 2 rings (SSSR count). The zero-order valence-corrected chi connectivity index (χ0v) is 15.9. The molecule has 0 aromatic heterocycles. The maximum atomic E-state index is 12.8. The first-order valence-electron chi connectivity index (χ1n) is 9.23. The van der Waals surface area contributed by atoms with Crippen molar-refractivity contribution in [3.63, 3.8) is 0 Å². The average Bonchev–Trinajstić information content (AvgIpc) is 2.99. The molecule has 0 aliphatic carbocycles. The lowest BCUT2D eigenvalue weighted by molar-refractivity contribution is -0.142. The van der Waals surface area contributed by atoms with Crippen LogP contribution in [0.25, 0.3) is 0 Å². The normalized spacial score (nSPS) is 19.7. The fourth-order valence-corrected chi connectivity index (χ4v) is 3.38. The molecule has 5 heteroatoms. The van der Waals surface area contributed by atoms with Crippen LogP contribution in [0.2, 0.25) is 5.02 Å². The Labute approximate surface area is 155 Å². The van der Waals surface area contributed by atoms with E-state index in [1.165, 1.54) is 25.7 Å². The Hall–Kier alpha value is -1.55. The van der Waals surface area contributed by atoms with Gasteiger partial charge in [-0.1, -0.05) is 62.8 Å². The van der Waals surface area contributed by atoms with Gasteiger partial charge < -0.3 is 9.64 Å². The van der Waals surface area contributed by atoms with E-state index in [1.807, 2.05) is 19.2 Å². The number of nitrogens with zero attached hydrogens (tertiary/aromatic N) is 1.